The molecule has 30 heavy (non-hydrogen) atoms. The predicted molar refractivity (Wildman–Crippen MR) is 127 cm³/mol. The van der Waals surface area contributed by atoms with Crippen molar-refractivity contribution in [3.05, 3.63) is 120 Å². The Morgan fingerprint density at radius 3 is 1.13 bits per heavy atom. The zero-order chi connectivity index (χ0) is 20.8. The van der Waals surface area contributed by atoms with Crippen LogP contribution in [-0.4, -0.2) is 14.1 Å². The van der Waals surface area contributed by atoms with Crippen LogP contribution >= 0.6 is 0 Å². The van der Waals surface area contributed by atoms with E-state index in [9.17, 15) is 0 Å². The van der Waals surface area contributed by atoms with Gasteiger partial charge >= 0.3 is 0 Å². The van der Waals surface area contributed by atoms with Crippen LogP contribution in [0.25, 0.3) is 22.3 Å². The van der Waals surface area contributed by atoms with Crippen LogP contribution in [0.4, 0.5) is 0 Å². The molecule has 0 bridgehead atoms. The van der Waals surface area contributed by atoms with Gasteiger partial charge in [0.05, 0.1) is 12.1 Å². The fourth-order valence-corrected chi connectivity index (χ4v) is 4.30. The lowest BCUT2D eigenvalue weighted by atomic mass is 9.85. The average Bonchev–Trinajstić information content (AvgIpc) is 2.84. The van der Waals surface area contributed by atoms with Crippen molar-refractivity contribution >= 4 is 0 Å². The van der Waals surface area contributed by atoms with E-state index < -0.39 is 0 Å². The van der Waals surface area contributed by atoms with Gasteiger partial charge in [-0.15, -0.1) is 0 Å². The van der Waals surface area contributed by atoms with E-state index in [-0.39, 0.29) is 12.1 Å². The molecule has 2 nitrogen and oxygen atoms in total. The Kier molecular flexibility index (Phi) is 6.38. The van der Waals surface area contributed by atoms with E-state index in [1.54, 1.807) is 0 Å². The van der Waals surface area contributed by atoms with Gasteiger partial charge in [-0.1, -0.05) is 109 Å². The highest BCUT2D eigenvalue weighted by atomic mass is 15.0. The Bertz CT molecular complexity index is 985. The monoisotopic (exact) mass is 392 g/mol. The summed E-state index contributed by atoms with van der Waals surface area (Å²) in [4.78, 5) is 0. The second-order valence-corrected chi connectivity index (χ2v) is 7.44. The van der Waals surface area contributed by atoms with Crippen molar-refractivity contribution in [1.82, 2.24) is 10.6 Å². The fourth-order valence-electron chi connectivity index (χ4n) is 4.30. The minimum atomic E-state index is 0.108. The third-order valence-electron chi connectivity index (χ3n) is 5.72. The summed E-state index contributed by atoms with van der Waals surface area (Å²) in [5.74, 6) is 0. The first kappa shape index (κ1) is 20.1. The summed E-state index contributed by atoms with van der Waals surface area (Å²) in [5, 5.41) is 7.19. The molecule has 0 saturated carbocycles. The lowest BCUT2D eigenvalue weighted by Crippen LogP contribution is -2.32. The van der Waals surface area contributed by atoms with Crippen LogP contribution in [0.2, 0.25) is 0 Å². The number of likely N-dealkylation sites (N-methyl/N-ethyl adjacent to an activating group) is 2. The molecule has 2 atom stereocenters. The number of hydrogen-bond acceptors (Lipinski definition) is 2. The molecule has 0 aliphatic heterocycles. The normalized spacial score (nSPS) is 13.0. The highest BCUT2D eigenvalue weighted by Gasteiger charge is 2.26. The van der Waals surface area contributed by atoms with E-state index in [1.165, 1.54) is 33.4 Å². The van der Waals surface area contributed by atoms with Crippen LogP contribution < -0.4 is 10.6 Å². The van der Waals surface area contributed by atoms with Gasteiger partial charge in [0, 0.05) is 0 Å². The molecule has 2 N–H and O–H groups in total. The standard InChI is InChI=1S/C28H28N2/c1-29-27(25-19-11-9-17-23(25)21-13-5-3-6-14-21)28(30-2)26-20-12-10-18-24(26)22-15-7-4-8-16-22/h3-20,27-30H,1-2H3. The van der Waals surface area contributed by atoms with Gasteiger partial charge in [0.15, 0.2) is 0 Å². The molecule has 0 radical (unpaired) electrons. The molecular weight excluding hydrogens is 364 g/mol. The molecular formula is C28H28N2. The van der Waals surface area contributed by atoms with Crippen LogP contribution in [0.15, 0.2) is 109 Å². The molecule has 0 amide bonds. The highest BCUT2D eigenvalue weighted by molar-refractivity contribution is 5.70. The first-order chi connectivity index (χ1) is 14.8. The molecule has 0 aliphatic rings. The van der Waals surface area contributed by atoms with Crippen molar-refractivity contribution in [3.8, 4) is 22.3 Å². The summed E-state index contributed by atoms with van der Waals surface area (Å²) in [6.45, 7) is 0. The third-order valence-corrected chi connectivity index (χ3v) is 5.72. The number of nitrogens with one attached hydrogen (secondary N) is 2. The van der Waals surface area contributed by atoms with Crippen molar-refractivity contribution in [2.45, 2.75) is 12.1 Å². The van der Waals surface area contributed by atoms with E-state index in [0.29, 0.717) is 0 Å². The summed E-state index contributed by atoms with van der Waals surface area (Å²) >= 11 is 0. The Labute approximate surface area is 179 Å². The molecule has 4 aromatic carbocycles. The van der Waals surface area contributed by atoms with Gasteiger partial charge in [0.2, 0.25) is 0 Å². The maximum absolute atomic E-state index is 3.59. The van der Waals surface area contributed by atoms with E-state index in [0.717, 1.165) is 0 Å². The first-order valence-electron chi connectivity index (χ1n) is 10.5. The Balaban J connectivity index is 1.82. The Morgan fingerprint density at radius 1 is 0.433 bits per heavy atom. The molecule has 150 valence electrons. The molecule has 0 heterocycles. The van der Waals surface area contributed by atoms with Crippen molar-refractivity contribution < 1.29 is 0 Å². The van der Waals surface area contributed by atoms with Gasteiger partial charge in [-0.3, -0.25) is 0 Å². The molecule has 2 heteroatoms. The van der Waals surface area contributed by atoms with E-state index in [1.807, 2.05) is 14.1 Å². The van der Waals surface area contributed by atoms with Gasteiger partial charge in [-0.25, -0.2) is 0 Å². The largest absolute Gasteiger partial charge is 0.311 e. The third kappa shape index (κ3) is 4.06. The maximum Gasteiger partial charge on any atom is 0.0522 e. The molecule has 0 aliphatic carbocycles. The Morgan fingerprint density at radius 2 is 0.767 bits per heavy atom. The summed E-state index contributed by atoms with van der Waals surface area (Å²) in [5.41, 5.74) is 7.56. The van der Waals surface area contributed by atoms with Gasteiger partial charge in [-0.05, 0) is 47.5 Å². The highest BCUT2D eigenvalue weighted by Crippen LogP contribution is 2.38. The van der Waals surface area contributed by atoms with Crippen LogP contribution in [0, 0.1) is 0 Å². The van der Waals surface area contributed by atoms with Gasteiger partial charge in [0.25, 0.3) is 0 Å². The van der Waals surface area contributed by atoms with Crippen LogP contribution in [0.3, 0.4) is 0 Å². The zero-order valence-electron chi connectivity index (χ0n) is 17.5. The topological polar surface area (TPSA) is 24.1 Å². The van der Waals surface area contributed by atoms with Crippen LogP contribution in [-0.2, 0) is 0 Å². The van der Waals surface area contributed by atoms with Gasteiger partial charge < -0.3 is 10.6 Å². The van der Waals surface area contributed by atoms with E-state index in [2.05, 4.69) is 120 Å². The molecule has 0 spiro atoms. The van der Waals surface area contributed by atoms with E-state index in [4.69, 9.17) is 0 Å². The number of hydrogen-bond donors (Lipinski definition) is 2. The van der Waals surface area contributed by atoms with Crippen molar-refractivity contribution in [1.29, 1.82) is 0 Å². The number of rotatable bonds is 7. The second-order valence-electron chi connectivity index (χ2n) is 7.44. The quantitative estimate of drug-likeness (QED) is 0.389. The molecule has 0 fully saturated rings. The van der Waals surface area contributed by atoms with Crippen molar-refractivity contribution in [3.63, 3.8) is 0 Å². The smallest absolute Gasteiger partial charge is 0.0522 e. The predicted octanol–water partition coefficient (Wildman–Crippen LogP) is 6.24. The van der Waals surface area contributed by atoms with Gasteiger partial charge in [0.1, 0.15) is 0 Å². The molecule has 0 saturated heterocycles. The van der Waals surface area contributed by atoms with Crippen LogP contribution in [0.1, 0.15) is 23.2 Å². The van der Waals surface area contributed by atoms with Crippen molar-refractivity contribution in [2.75, 3.05) is 14.1 Å². The SMILES string of the molecule is CNC(c1ccccc1-c1ccccc1)C(NC)c1ccccc1-c1ccccc1. The van der Waals surface area contributed by atoms with Crippen molar-refractivity contribution in [2.24, 2.45) is 0 Å². The Hall–Kier alpha value is -3.20. The van der Waals surface area contributed by atoms with E-state index >= 15 is 0 Å². The minimum Gasteiger partial charge on any atom is -0.311 e. The first-order valence-corrected chi connectivity index (χ1v) is 10.5. The summed E-state index contributed by atoms with van der Waals surface area (Å²) in [7, 11) is 4.09. The molecule has 4 aromatic rings. The minimum absolute atomic E-state index is 0.108. The van der Waals surface area contributed by atoms with Gasteiger partial charge in [-0.2, -0.15) is 0 Å². The lowest BCUT2D eigenvalue weighted by molar-refractivity contribution is 0.434. The molecule has 2 unspecified atom stereocenters. The zero-order valence-corrected chi connectivity index (χ0v) is 17.5. The van der Waals surface area contributed by atoms with Crippen LogP contribution in [0.5, 0.6) is 0 Å². The maximum atomic E-state index is 3.59. The summed E-state index contributed by atoms with van der Waals surface area (Å²) in [6, 6.07) is 38.8. The fraction of sp³-hybridized carbons (Fsp3) is 0.143. The average molecular weight is 393 g/mol. The molecule has 0 aromatic heterocycles. The summed E-state index contributed by atoms with van der Waals surface area (Å²) < 4.78 is 0. The summed E-state index contributed by atoms with van der Waals surface area (Å²) in [6.07, 6.45) is 0. The molecule has 4 rings (SSSR count). The number of benzene rings is 4. The second kappa shape index (κ2) is 9.53. The lowest BCUT2D eigenvalue weighted by Gasteiger charge is -2.31.